The van der Waals surface area contributed by atoms with Gasteiger partial charge in [0.1, 0.15) is 17.2 Å². The number of phenols is 2. The van der Waals surface area contributed by atoms with Crippen LogP contribution < -0.4 is 10.5 Å². The van der Waals surface area contributed by atoms with Crippen LogP contribution in [0.4, 0.5) is 0 Å². The van der Waals surface area contributed by atoms with Gasteiger partial charge in [-0.2, -0.15) is 0 Å². The fourth-order valence-electron chi connectivity index (χ4n) is 5.81. The number of ether oxygens (including phenoxy) is 3. The Labute approximate surface area is 224 Å². The zero-order valence-corrected chi connectivity index (χ0v) is 21.5. The Morgan fingerprint density at radius 2 is 1.87 bits per heavy atom. The van der Waals surface area contributed by atoms with Crippen LogP contribution >= 0.6 is 0 Å². The highest BCUT2D eigenvalue weighted by Crippen LogP contribution is 2.53. The van der Waals surface area contributed by atoms with Gasteiger partial charge in [0.05, 0.1) is 54.3 Å². The van der Waals surface area contributed by atoms with Crippen molar-refractivity contribution in [1.82, 2.24) is 0 Å². The van der Waals surface area contributed by atoms with Crippen molar-refractivity contribution in [2.45, 2.75) is 62.4 Å². The van der Waals surface area contributed by atoms with E-state index in [0.29, 0.717) is 0 Å². The van der Waals surface area contributed by atoms with Crippen LogP contribution in [0.1, 0.15) is 68.8 Å². The highest BCUT2D eigenvalue weighted by atomic mass is 16.7. The van der Waals surface area contributed by atoms with E-state index in [1.807, 2.05) is 0 Å². The number of hydrogen-bond donors (Lipinski definition) is 6. The van der Waals surface area contributed by atoms with Crippen molar-refractivity contribution < 1.29 is 49.3 Å². The molecule has 7 N–H and O–H groups in total. The zero-order valence-electron chi connectivity index (χ0n) is 21.5. The first-order valence-corrected chi connectivity index (χ1v) is 12.6. The normalized spacial score (nSPS) is 29.8. The van der Waals surface area contributed by atoms with E-state index in [4.69, 9.17) is 19.9 Å². The van der Waals surface area contributed by atoms with Crippen LogP contribution in [0.2, 0.25) is 0 Å². The molecule has 0 aromatic heterocycles. The number of methoxy groups -OCH3 is 1. The van der Waals surface area contributed by atoms with Crippen molar-refractivity contribution in [2.75, 3.05) is 13.7 Å². The number of rotatable bonds is 5. The number of carbonyl (C=O) groups is 2. The fourth-order valence-corrected chi connectivity index (χ4v) is 5.81. The van der Waals surface area contributed by atoms with Gasteiger partial charge in [0.25, 0.3) is 0 Å². The summed E-state index contributed by atoms with van der Waals surface area (Å²) in [4.78, 5) is 27.2. The molecule has 11 heteroatoms. The lowest BCUT2D eigenvalue weighted by molar-refractivity contribution is -0.246. The molecule has 39 heavy (non-hydrogen) atoms. The van der Waals surface area contributed by atoms with Crippen molar-refractivity contribution in [3.63, 3.8) is 0 Å². The molecule has 0 radical (unpaired) electrons. The summed E-state index contributed by atoms with van der Waals surface area (Å²) in [6.45, 7) is 4.80. The second-order valence-corrected chi connectivity index (χ2v) is 10.3. The molecule has 208 valence electrons. The van der Waals surface area contributed by atoms with Gasteiger partial charge in [-0.05, 0) is 18.6 Å². The van der Waals surface area contributed by atoms with E-state index in [1.54, 1.807) is 6.92 Å². The molecule has 0 unspecified atom stereocenters. The summed E-state index contributed by atoms with van der Waals surface area (Å²) in [6, 6.07) is 3.79. The average Bonchev–Trinajstić information content (AvgIpc) is 2.90. The lowest BCUT2D eigenvalue weighted by Crippen LogP contribution is -2.52. The van der Waals surface area contributed by atoms with Gasteiger partial charge in [0.2, 0.25) is 5.78 Å². The number of aliphatic hydroxyl groups is 3. The largest absolute Gasteiger partial charge is 0.507 e. The Morgan fingerprint density at radius 3 is 2.51 bits per heavy atom. The van der Waals surface area contributed by atoms with E-state index in [-0.39, 0.29) is 52.8 Å². The van der Waals surface area contributed by atoms with Crippen LogP contribution in [-0.2, 0) is 15.9 Å². The fraction of sp³-hybridized carbons (Fsp3) is 0.429. The predicted octanol–water partition coefficient (Wildman–Crippen LogP) is 0.988. The number of ketones is 2. The second kappa shape index (κ2) is 9.70. The summed E-state index contributed by atoms with van der Waals surface area (Å²) < 4.78 is 17.2. The number of nitrogens with two attached hydrogens (primary N) is 1. The Morgan fingerprint density at radius 1 is 1.18 bits per heavy atom. The molecule has 2 aromatic carbocycles. The minimum absolute atomic E-state index is 0.00252. The maximum absolute atomic E-state index is 13.7. The Balaban J connectivity index is 1.69. The molecule has 11 nitrogen and oxygen atoms in total. The second-order valence-electron chi connectivity index (χ2n) is 10.3. The highest BCUT2D eigenvalue weighted by Gasteiger charge is 2.48. The molecule has 2 aliphatic carbocycles. The molecule has 3 aliphatic rings. The minimum Gasteiger partial charge on any atom is -0.507 e. The number of hydrogen-bond acceptors (Lipinski definition) is 11. The van der Waals surface area contributed by atoms with Gasteiger partial charge < -0.3 is 45.5 Å². The third-order valence-corrected chi connectivity index (χ3v) is 7.99. The van der Waals surface area contributed by atoms with Crippen LogP contribution in [0.15, 0.2) is 30.4 Å². The van der Waals surface area contributed by atoms with Gasteiger partial charge in [0, 0.05) is 42.0 Å². The molecular weight excluding hydrogens is 510 g/mol. The van der Waals surface area contributed by atoms with Crippen molar-refractivity contribution >= 4 is 11.6 Å². The molecule has 1 saturated heterocycles. The highest BCUT2D eigenvalue weighted by molar-refractivity contribution is 6.31. The third kappa shape index (κ3) is 4.13. The summed E-state index contributed by atoms with van der Waals surface area (Å²) >= 11 is 0. The van der Waals surface area contributed by atoms with Gasteiger partial charge in [-0.25, -0.2) is 0 Å². The Bertz CT molecular complexity index is 1380. The van der Waals surface area contributed by atoms with Gasteiger partial charge >= 0.3 is 0 Å². The quantitative estimate of drug-likeness (QED) is 0.200. The SMILES string of the molecule is C=C(CO)[C@]1(O)Cc2c(O)c3c(c(O)c2[C@@H](O[C@H]2C[C@H](N)[C@@H](O)[C@H](C)O2)C1)C(=O)c1c(OC)cccc1C3=O. The lowest BCUT2D eigenvalue weighted by atomic mass is 9.71. The summed E-state index contributed by atoms with van der Waals surface area (Å²) in [5, 5.41) is 54.4. The van der Waals surface area contributed by atoms with Gasteiger partial charge in [-0.1, -0.05) is 18.7 Å². The topological polar surface area (TPSA) is 189 Å². The number of carbonyl (C=O) groups excluding carboxylic acids is 2. The monoisotopic (exact) mass is 541 g/mol. The average molecular weight is 542 g/mol. The van der Waals surface area contributed by atoms with Gasteiger partial charge in [-0.3, -0.25) is 9.59 Å². The Hall–Kier alpha value is -3.32. The van der Waals surface area contributed by atoms with E-state index in [0.717, 1.165) is 0 Å². The van der Waals surface area contributed by atoms with E-state index in [1.165, 1.54) is 25.3 Å². The van der Waals surface area contributed by atoms with Crippen molar-refractivity contribution in [2.24, 2.45) is 5.73 Å². The number of fused-ring (bicyclic) bond motifs is 3. The molecule has 0 amide bonds. The molecule has 5 rings (SSSR count). The first-order chi connectivity index (χ1) is 18.4. The van der Waals surface area contributed by atoms with E-state index < -0.39 is 77.0 Å². The van der Waals surface area contributed by atoms with E-state index in [9.17, 15) is 35.1 Å². The maximum Gasteiger partial charge on any atom is 0.202 e. The minimum atomic E-state index is -1.80. The van der Waals surface area contributed by atoms with Crippen LogP contribution in [-0.4, -0.2) is 81.0 Å². The smallest absolute Gasteiger partial charge is 0.202 e. The molecule has 1 aliphatic heterocycles. The molecule has 0 bridgehead atoms. The molecule has 2 aromatic rings. The molecular formula is C28H31NO10. The van der Waals surface area contributed by atoms with Crippen LogP contribution in [0.25, 0.3) is 0 Å². The van der Waals surface area contributed by atoms with Crippen molar-refractivity contribution in [1.29, 1.82) is 0 Å². The van der Waals surface area contributed by atoms with Crippen LogP contribution in [0, 0.1) is 0 Å². The molecule has 0 spiro atoms. The molecule has 1 fully saturated rings. The predicted molar refractivity (Wildman–Crippen MR) is 136 cm³/mol. The zero-order chi connectivity index (χ0) is 28.4. The number of phenolic OH excluding ortho intramolecular Hbond substituents is 2. The standard InChI is InChI=1S/C28H31NO10/c1-11(10-30)28(36)8-14-20(17(9-28)39-18-7-15(29)23(31)12(2)38-18)27(35)22-21(25(14)33)24(32)13-5-4-6-16(37-3)19(13)26(22)34/h4-6,12,15,17-18,23,30-31,33,35-36H,1,7-10,29H2,2-3H3/t12-,15-,17-,18-,23-,28-/m0/s1. The third-order valence-electron chi connectivity index (χ3n) is 7.99. The first-order valence-electron chi connectivity index (χ1n) is 12.6. The van der Waals surface area contributed by atoms with Gasteiger partial charge in [-0.15, -0.1) is 0 Å². The number of benzene rings is 2. The van der Waals surface area contributed by atoms with E-state index in [2.05, 4.69) is 6.58 Å². The molecule has 0 saturated carbocycles. The van der Waals surface area contributed by atoms with Crippen molar-refractivity contribution in [3.8, 4) is 17.2 Å². The summed E-state index contributed by atoms with van der Waals surface area (Å²) in [6.07, 6.45) is -4.23. The Kier molecular flexibility index (Phi) is 6.78. The summed E-state index contributed by atoms with van der Waals surface area (Å²) in [5.74, 6) is -2.47. The van der Waals surface area contributed by atoms with Crippen molar-refractivity contribution in [3.05, 3.63) is 63.7 Å². The lowest BCUT2D eigenvalue weighted by Gasteiger charge is -2.43. The number of aromatic hydroxyl groups is 2. The number of aliphatic hydroxyl groups excluding tert-OH is 2. The maximum atomic E-state index is 13.7. The van der Waals surface area contributed by atoms with Gasteiger partial charge in [0.15, 0.2) is 12.1 Å². The summed E-state index contributed by atoms with van der Waals surface area (Å²) in [5.41, 5.74) is 3.39. The van der Waals surface area contributed by atoms with E-state index >= 15 is 0 Å². The first kappa shape index (κ1) is 27.3. The van der Waals surface area contributed by atoms with Crippen LogP contribution in [0.5, 0.6) is 17.2 Å². The van der Waals surface area contributed by atoms with Crippen LogP contribution in [0.3, 0.4) is 0 Å². The molecule has 1 heterocycles. The molecule has 6 atom stereocenters. The summed E-state index contributed by atoms with van der Waals surface area (Å²) in [7, 11) is 1.35.